The van der Waals surface area contributed by atoms with Crippen molar-refractivity contribution in [3.8, 4) is 0 Å². The summed E-state index contributed by atoms with van der Waals surface area (Å²) in [4.78, 5) is 0. The number of rotatable bonds is 8. The highest BCUT2D eigenvalue weighted by atomic mass is 19.1. The molecule has 1 unspecified atom stereocenters. The van der Waals surface area contributed by atoms with Crippen LogP contribution in [0, 0.1) is 5.82 Å². The smallest absolute Gasteiger partial charge is 0.123 e. The summed E-state index contributed by atoms with van der Waals surface area (Å²) in [6.07, 6.45) is 7.39. The van der Waals surface area contributed by atoms with Gasteiger partial charge in [0.05, 0.1) is 0 Å². The molecule has 0 aliphatic rings. The van der Waals surface area contributed by atoms with Gasteiger partial charge >= 0.3 is 0 Å². The highest BCUT2D eigenvalue weighted by molar-refractivity contribution is 5.17. The van der Waals surface area contributed by atoms with Crippen molar-refractivity contribution in [2.45, 2.75) is 51.5 Å². The molecule has 1 aromatic carbocycles. The minimum absolute atomic E-state index is 0.155. The summed E-state index contributed by atoms with van der Waals surface area (Å²) in [7, 11) is 2.01. The summed E-state index contributed by atoms with van der Waals surface area (Å²) in [6, 6.07) is 7.35. The van der Waals surface area contributed by atoms with Crippen molar-refractivity contribution in [2.24, 2.45) is 0 Å². The fraction of sp³-hybridized carbons (Fsp3) is 0.600. The second kappa shape index (κ2) is 8.24. The van der Waals surface area contributed by atoms with E-state index in [1.54, 1.807) is 12.1 Å². The zero-order valence-electron chi connectivity index (χ0n) is 11.0. The Kier molecular flexibility index (Phi) is 6.87. The van der Waals surface area contributed by atoms with Crippen LogP contribution >= 0.6 is 0 Å². The van der Waals surface area contributed by atoms with E-state index in [2.05, 4.69) is 12.2 Å². The molecule has 0 aliphatic heterocycles. The van der Waals surface area contributed by atoms with Gasteiger partial charge in [-0.1, -0.05) is 44.7 Å². The van der Waals surface area contributed by atoms with Crippen LogP contribution in [0.15, 0.2) is 24.3 Å². The molecule has 1 N–H and O–H groups in total. The normalized spacial score (nSPS) is 12.6. The van der Waals surface area contributed by atoms with E-state index in [1.807, 2.05) is 19.2 Å². The molecule has 1 aromatic rings. The third kappa shape index (κ3) is 5.83. The molecule has 0 spiro atoms. The summed E-state index contributed by atoms with van der Waals surface area (Å²) in [6.45, 7) is 2.23. The zero-order valence-corrected chi connectivity index (χ0v) is 11.0. The van der Waals surface area contributed by atoms with Crippen molar-refractivity contribution < 1.29 is 4.39 Å². The van der Waals surface area contributed by atoms with Crippen LogP contribution in [0.1, 0.15) is 44.6 Å². The van der Waals surface area contributed by atoms with Gasteiger partial charge in [-0.3, -0.25) is 0 Å². The van der Waals surface area contributed by atoms with Crippen molar-refractivity contribution in [3.05, 3.63) is 35.6 Å². The zero-order chi connectivity index (χ0) is 12.5. The van der Waals surface area contributed by atoms with Crippen LogP contribution in [0.25, 0.3) is 0 Å². The Hall–Kier alpha value is -0.890. The third-order valence-corrected chi connectivity index (χ3v) is 3.21. The average molecular weight is 237 g/mol. The molecule has 0 bridgehead atoms. The predicted octanol–water partition coefficient (Wildman–Crippen LogP) is 3.93. The summed E-state index contributed by atoms with van der Waals surface area (Å²) in [5, 5.41) is 3.35. The number of halogens is 1. The lowest BCUT2D eigenvalue weighted by molar-refractivity contribution is 0.484. The molecule has 96 valence electrons. The van der Waals surface area contributed by atoms with Crippen LogP contribution < -0.4 is 5.32 Å². The van der Waals surface area contributed by atoms with Crippen LogP contribution in [-0.4, -0.2) is 13.1 Å². The Bertz CT molecular complexity index is 294. The topological polar surface area (TPSA) is 12.0 Å². The molecule has 1 atom stereocenters. The first-order chi connectivity index (χ1) is 8.26. The maximum Gasteiger partial charge on any atom is 0.123 e. The molecule has 0 radical (unpaired) electrons. The number of hydrogen-bond acceptors (Lipinski definition) is 1. The summed E-state index contributed by atoms with van der Waals surface area (Å²) >= 11 is 0. The largest absolute Gasteiger partial charge is 0.317 e. The molecule has 0 saturated heterocycles. The summed E-state index contributed by atoms with van der Waals surface area (Å²) in [5.41, 5.74) is 1.21. The van der Waals surface area contributed by atoms with E-state index in [-0.39, 0.29) is 5.82 Å². The first kappa shape index (κ1) is 14.2. The SMILES string of the molecule is CCCCCCC(Cc1ccc(F)cc1)NC. The summed E-state index contributed by atoms with van der Waals surface area (Å²) in [5.74, 6) is -0.155. The lowest BCUT2D eigenvalue weighted by atomic mass is 10.0. The molecule has 17 heavy (non-hydrogen) atoms. The van der Waals surface area contributed by atoms with Gasteiger partial charge in [0.2, 0.25) is 0 Å². The van der Waals surface area contributed by atoms with E-state index in [1.165, 1.54) is 37.7 Å². The van der Waals surface area contributed by atoms with Gasteiger partial charge in [-0.15, -0.1) is 0 Å². The Morgan fingerprint density at radius 3 is 2.41 bits per heavy atom. The Balaban J connectivity index is 2.33. The highest BCUT2D eigenvalue weighted by Gasteiger charge is 2.06. The Morgan fingerprint density at radius 1 is 1.12 bits per heavy atom. The molecule has 0 aromatic heterocycles. The van der Waals surface area contributed by atoms with Crippen LogP contribution in [-0.2, 0) is 6.42 Å². The van der Waals surface area contributed by atoms with Crippen molar-refractivity contribution in [2.75, 3.05) is 7.05 Å². The molecule has 0 amide bonds. The van der Waals surface area contributed by atoms with Gasteiger partial charge < -0.3 is 5.32 Å². The number of unbranched alkanes of at least 4 members (excludes halogenated alkanes) is 3. The molecular formula is C15H24FN. The van der Waals surface area contributed by atoms with E-state index in [0.717, 1.165) is 6.42 Å². The van der Waals surface area contributed by atoms with Gasteiger partial charge in [-0.2, -0.15) is 0 Å². The molecule has 1 nitrogen and oxygen atoms in total. The summed E-state index contributed by atoms with van der Waals surface area (Å²) < 4.78 is 12.8. The van der Waals surface area contributed by atoms with Gasteiger partial charge in [0, 0.05) is 6.04 Å². The molecular weight excluding hydrogens is 213 g/mol. The fourth-order valence-electron chi connectivity index (χ4n) is 2.07. The number of benzene rings is 1. The van der Waals surface area contributed by atoms with E-state index >= 15 is 0 Å². The highest BCUT2D eigenvalue weighted by Crippen LogP contribution is 2.11. The van der Waals surface area contributed by atoms with Gasteiger partial charge in [-0.25, -0.2) is 4.39 Å². The quantitative estimate of drug-likeness (QED) is 0.676. The van der Waals surface area contributed by atoms with Crippen LogP contribution in [0.5, 0.6) is 0 Å². The standard InChI is InChI=1S/C15H24FN/c1-3-4-5-6-7-15(17-2)12-13-8-10-14(16)11-9-13/h8-11,15,17H,3-7,12H2,1-2H3. The predicted molar refractivity (Wildman–Crippen MR) is 71.7 cm³/mol. The van der Waals surface area contributed by atoms with E-state index < -0.39 is 0 Å². The average Bonchev–Trinajstić information content (AvgIpc) is 2.35. The number of hydrogen-bond donors (Lipinski definition) is 1. The second-order valence-corrected chi connectivity index (χ2v) is 4.67. The lowest BCUT2D eigenvalue weighted by Gasteiger charge is -2.16. The first-order valence-corrected chi connectivity index (χ1v) is 6.68. The van der Waals surface area contributed by atoms with Gasteiger partial charge in [0.25, 0.3) is 0 Å². The number of nitrogens with one attached hydrogen (secondary N) is 1. The molecule has 0 fully saturated rings. The molecule has 2 heteroatoms. The molecule has 0 aliphatic carbocycles. The van der Waals surface area contributed by atoms with Crippen LogP contribution in [0.4, 0.5) is 4.39 Å². The first-order valence-electron chi connectivity index (χ1n) is 6.68. The van der Waals surface area contributed by atoms with Crippen molar-refractivity contribution >= 4 is 0 Å². The van der Waals surface area contributed by atoms with E-state index in [0.29, 0.717) is 6.04 Å². The fourth-order valence-corrected chi connectivity index (χ4v) is 2.07. The molecule has 0 saturated carbocycles. The van der Waals surface area contributed by atoms with E-state index in [4.69, 9.17) is 0 Å². The van der Waals surface area contributed by atoms with Gasteiger partial charge in [0.15, 0.2) is 0 Å². The van der Waals surface area contributed by atoms with Crippen LogP contribution in [0.3, 0.4) is 0 Å². The van der Waals surface area contributed by atoms with Crippen molar-refractivity contribution in [1.29, 1.82) is 0 Å². The van der Waals surface area contributed by atoms with Gasteiger partial charge in [0.1, 0.15) is 5.82 Å². The number of likely N-dealkylation sites (N-methyl/N-ethyl adjacent to an activating group) is 1. The van der Waals surface area contributed by atoms with Crippen molar-refractivity contribution in [1.82, 2.24) is 5.32 Å². The maximum absolute atomic E-state index is 12.8. The Labute approximate surface area is 104 Å². The molecule has 1 rings (SSSR count). The van der Waals surface area contributed by atoms with Crippen molar-refractivity contribution in [3.63, 3.8) is 0 Å². The second-order valence-electron chi connectivity index (χ2n) is 4.67. The monoisotopic (exact) mass is 237 g/mol. The lowest BCUT2D eigenvalue weighted by Crippen LogP contribution is -2.27. The third-order valence-electron chi connectivity index (χ3n) is 3.21. The van der Waals surface area contributed by atoms with E-state index in [9.17, 15) is 4.39 Å². The Morgan fingerprint density at radius 2 is 1.82 bits per heavy atom. The van der Waals surface area contributed by atoms with Crippen LogP contribution in [0.2, 0.25) is 0 Å². The minimum Gasteiger partial charge on any atom is -0.317 e. The van der Waals surface area contributed by atoms with Gasteiger partial charge in [-0.05, 0) is 37.6 Å². The molecule has 0 heterocycles. The minimum atomic E-state index is -0.155. The maximum atomic E-state index is 12.8.